The Morgan fingerprint density at radius 2 is 1.69 bits per heavy atom. The molecule has 0 radical (unpaired) electrons. The van der Waals surface area contributed by atoms with Crippen LogP contribution in [0.15, 0.2) is 79.1 Å². The Bertz CT molecular complexity index is 1260. The number of nitrogens with one attached hydrogen (secondary N) is 1. The molecule has 2 aliphatic heterocycles. The van der Waals surface area contributed by atoms with E-state index in [9.17, 15) is 14.4 Å². The van der Waals surface area contributed by atoms with E-state index < -0.39 is 5.54 Å². The molecule has 2 aromatic carbocycles. The fourth-order valence-electron chi connectivity index (χ4n) is 5.18. The van der Waals surface area contributed by atoms with Crippen LogP contribution in [0, 0.1) is 6.92 Å². The lowest BCUT2D eigenvalue weighted by Gasteiger charge is -2.43. The van der Waals surface area contributed by atoms with Crippen molar-refractivity contribution in [3.63, 3.8) is 0 Å². The van der Waals surface area contributed by atoms with Gasteiger partial charge in [-0.05, 0) is 61.7 Å². The predicted octanol–water partition coefficient (Wildman–Crippen LogP) is 3.31. The Kier molecular flexibility index (Phi) is 6.41. The van der Waals surface area contributed by atoms with Crippen LogP contribution in [0.5, 0.6) is 0 Å². The molecule has 2 fully saturated rings. The van der Waals surface area contributed by atoms with Gasteiger partial charge in [-0.15, -0.1) is 0 Å². The molecule has 1 N–H and O–H groups in total. The van der Waals surface area contributed by atoms with Crippen LogP contribution in [-0.4, -0.2) is 64.3 Å². The van der Waals surface area contributed by atoms with Crippen LogP contribution >= 0.6 is 0 Å². The molecular formula is C28H29N5O3. The summed E-state index contributed by atoms with van der Waals surface area (Å²) in [5.41, 5.74) is 2.49. The fraction of sp³-hybridized carbons (Fsp3) is 0.286. The number of anilines is 2. The standard InChI is InChI=1S/C28H29N5O3/c1-21-6-5-7-23(18-21)30-25(34)19-32-20-33(24-8-3-2-4-9-24)28(27(32)36)12-16-31(17-13-28)26(35)22-10-14-29-15-11-22/h2-11,14-15,18H,12-13,16-17,19-20H2,1H3,(H,30,34). The Labute approximate surface area is 210 Å². The predicted molar refractivity (Wildman–Crippen MR) is 137 cm³/mol. The topological polar surface area (TPSA) is 85.8 Å². The number of likely N-dealkylation sites (tertiary alicyclic amines) is 1. The van der Waals surface area contributed by atoms with Crippen LogP contribution in [0.4, 0.5) is 11.4 Å². The van der Waals surface area contributed by atoms with Gasteiger partial charge in [-0.1, -0.05) is 30.3 Å². The number of pyridine rings is 1. The van der Waals surface area contributed by atoms with Crippen molar-refractivity contribution in [2.45, 2.75) is 25.3 Å². The number of aromatic nitrogens is 1. The lowest BCUT2D eigenvalue weighted by molar-refractivity contribution is -0.136. The van der Waals surface area contributed by atoms with Crippen LogP contribution in [0.2, 0.25) is 0 Å². The molecule has 0 aliphatic carbocycles. The third kappa shape index (κ3) is 4.54. The Morgan fingerprint density at radius 3 is 2.39 bits per heavy atom. The van der Waals surface area contributed by atoms with Crippen molar-refractivity contribution >= 4 is 29.1 Å². The maximum atomic E-state index is 13.8. The van der Waals surface area contributed by atoms with Gasteiger partial charge >= 0.3 is 0 Å². The van der Waals surface area contributed by atoms with Gasteiger partial charge in [-0.25, -0.2) is 0 Å². The Morgan fingerprint density at radius 1 is 0.972 bits per heavy atom. The zero-order valence-corrected chi connectivity index (χ0v) is 20.3. The van der Waals surface area contributed by atoms with E-state index in [-0.39, 0.29) is 24.3 Å². The number of carbonyl (C=O) groups is 3. The van der Waals surface area contributed by atoms with Gasteiger partial charge < -0.3 is 20.0 Å². The molecule has 8 heteroatoms. The summed E-state index contributed by atoms with van der Waals surface area (Å²) < 4.78 is 0. The summed E-state index contributed by atoms with van der Waals surface area (Å²) in [6.07, 6.45) is 4.20. The van der Waals surface area contributed by atoms with Gasteiger partial charge in [0.25, 0.3) is 11.8 Å². The second-order valence-corrected chi connectivity index (χ2v) is 9.39. The Balaban J connectivity index is 1.34. The van der Waals surface area contributed by atoms with Crippen LogP contribution in [0.1, 0.15) is 28.8 Å². The van der Waals surface area contributed by atoms with Crippen molar-refractivity contribution in [3.8, 4) is 0 Å². The molecule has 5 rings (SSSR count). The molecule has 3 aromatic rings. The Hall–Kier alpha value is -4.20. The van der Waals surface area contributed by atoms with Crippen molar-refractivity contribution in [2.24, 2.45) is 0 Å². The first-order chi connectivity index (χ1) is 17.5. The normalized spacial score (nSPS) is 16.9. The molecule has 184 valence electrons. The summed E-state index contributed by atoms with van der Waals surface area (Å²) in [6.45, 7) is 3.17. The maximum absolute atomic E-state index is 13.8. The second kappa shape index (κ2) is 9.81. The van der Waals surface area contributed by atoms with Crippen LogP contribution in [0.25, 0.3) is 0 Å². The zero-order chi connectivity index (χ0) is 25.1. The van der Waals surface area contributed by atoms with Crippen LogP contribution < -0.4 is 10.2 Å². The average Bonchev–Trinajstić information content (AvgIpc) is 3.16. The van der Waals surface area contributed by atoms with E-state index in [4.69, 9.17) is 0 Å². The summed E-state index contributed by atoms with van der Waals surface area (Å²) in [5.74, 6) is -0.357. The minimum Gasteiger partial charge on any atom is -0.339 e. The highest BCUT2D eigenvalue weighted by atomic mass is 16.2. The van der Waals surface area contributed by atoms with E-state index in [0.29, 0.717) is 43.9 Å². The number of nitrogens with zero attached hydrogens (tertiary/aromatic N) is 4. The van der Waals surface area contributed by atoms with E-state index in [1.54, 1.807) is 34.3 Å². The minimum absolute atomic E-state index is 0.0302. The number of carbonyl (C=O) groups excluding carboxylic acids is 3. The highest BCUT2D eigenvalue weighted by Crippen LogP contribution is 2.39. The number of rotatable bonds is 5. The number of hydrogen-bond donors (Lipinski definition) is 1. The van der Waals surface area contributed by atoms with Gasteiger partial charge in [-0.2, -0.15) is 0 Å². The van der Waals surface area contributed by atoms with Crippen molar-refractivity contribution < 1.29 is 14.4 Å². The first kappa shape index (κ1) is 23.5. The number of para-hydroxylation sites is 1. The maximum Gasteiger partial charge on any atom is 0.253 e. The molecule has 2 aliphatic rings. The highest BCUT2D eigenvalue weighted by molar-refractivity contribution is 6.00. The molecule has 0 saturated carbocycles. The summed E-state index contributed by atoms with van der Waals surface area (Å²) >= 11 is 0. The fourth-order valence-corrected chi connectivity index (χ4v) is 5.18. The summed E-state index contributed by atoms with van der Waals surface area (Å²) in [7, 11) is 0. The van der Waals surface area contributed by atoms with Gasteiger partial charge in [0, 0.05) is 42.4 Å². The molecule has 0 bridgehead atoms. The average molecular weight is 484 g/mol. The molecule has 1 aromatic heterocycles. The quantitative estimate of drug-likeness (QED) is 0.602. The van der Waals surface area contributed by atoms with Crippen LogP contribution in [-0.2, 0) is 9.59 Å². The number of amides is 3. The lowest BCUT2D eigenvalue weighted by atomic mass is 9.85. The third-order valence-corrected chi connectivity index (χ3v) is 7.02. The monoisotopic (exact) mass is 483 g/mol. The minimum atomic E-state index is -0.792. The molecule has 36 heavy (non-hydrogen) atoms. The van der Waals surface area contributed by atoms with E-state index >= 15 is 0 Å². The van der Waals surface area contributed by atoms with Gasteiger partial charge in [-0.3, -0.25) is 19.4 Å². The van der Waals surface area contributed by atoms with Crippen molar-refractivity contribution in [1.29, 1.82) is 0 Å². The number of benzene rings is 2. The van der Waals surface area contributed by atoms with E-state index in [1.807, 2.05) is 61.5 Å². The summed E-state index contributed by atoms with van der Waals surface area (Å²) in [5, 5.41) is 2.91. The zero-order valence-electron chi connectivity index (χ0n) is 20.3. The molecule has 1 spiro atoms. The molecule has 8 nitrogen and oxygen atoms in total. The van der Waals surface area contributed by atoms with Gasteiger partial charge in [0.2, 0.25) is 5.91 Å². The van der Waals surface area contributed by atoms with Crippen molar-refractivity contribution in [1.82, 2.24) is 14.8 Å². The molecule has 2 saturated heterocycles. The number of hydrogen-bond acceptors (Lipinski definition) is 5. The second-order valence-electron chi connectivity index (χ2n) is 9.39. The van der Waals surface area contributed by atoms with Crippen molar-refractivity contribution in [2.75, 3.05) is 36.5 Å². The summed E-state index contributed by atoms with van der Waals surface area (Å²) in [6, 6.07) is 20.8. The largest absolute Gasteiger partial charge is 0.339 e. The number of aryl methyl sites for hydroxylation is 1. The molecule has 3 heterocycles. The van der Waals surface area contributed by atoms with Crippen molar-refractivity contribution in [3.05, 3.63) is 90.3 Å². The van der Waals surface area contributed by atoms with E-state index in [0.717, 1.165) is 11.3 Å². The van der Waals surface area contributed by atoms with Gasteiger partial charge in [0.15, 0.2) is 0 Å². The first-order valence-corrected chi connectivity index (χ1v) is 12.1. The van der Waals surface area contributed by atoms with Gasteiger partial charge in [0.1, 0.15) is 12.1 Å². The van der Waals surface area contributed by atoms with Crippen LogP contribution in [0.3, 0.4) is 0 Å². The summed E-state index contributed by atoms with van der Waals surface area (Å²) in [4.78, 5) is 49.2. The van der Waals surface area contributed by atoms with E-state index in [1.165, 1.54) is 0 Å². The number of piperidine rings is 1. The molecule has 0 unspecified atom stereocenters. The highest BCUT2D eigenvalue weighted by Gasteiger charge is 2.54. The smallest absolute Gasteiger partial charge is 0.253 e. The molecule has 0 atom stereocenters. The SMILES string of the molecule is Cc1cccc(NC(=O)CN2CN(c3ccccc3)C3(CCN(C(=O)c4ccncc4)CC3)C2=O)c1. The lowest BCUT2D eigenvalue weighted by Crippen LogP contribution is -2.57. The third-order valence-electron chi connectivity index (χ3n) is 7.02. The first-order valence-electron chi connectivity index (χ1n) is 12.1. The molecular weight excluding hydrogens is 454 g/mol. The van der Waals surface area contributed by atoms with Gasteiger partial charge in [0.05, 0.1) is 6.67 Å². The van der Waals surface area contributed by atoms with E-state index in [2.05, 4.69) is 15.2 Å². The molecule has 3 amide bonds.